The Labute approximate surface area is 110 Å². The second-order valence-corrected chi connectivity index (χ2v) is 6.68. The minimum atomic E-state index is -0.171. The molecule has 1 saturated carbocycles. The third-order valence-electron chi connectivity index (χ3n) is 5.32. The smallest absolute Gasteiger partial charge is 0.123 e. The molecule has 1 aromatic carbocycles. The summed E-state index contributed by atoms with van der Waals surface area (Å²) < 4.78 is 12.9. The third-order valence-corrected chi connectivity index (χ3v) is 5.32. The molecule has 2 heteroatoms. The van der Waals surface area contributed by atoms with E-state index in [-0.39, 0.29) is 11.9 Å². The van der Waals surface area contributed by atoms with Gasteiger partial charge < -0.3 is 5.32 Å². The van der Waals surface area contributed by atoms with Crippen molar-refractivity contribution < 1.29 is 4.39 Å². The number of nitrogens with one attached hydrogen (secondary N) is 1. The maximum Gasteiger partial charge on any atom is 0.123 e. The summed E-state index contributed by atoms with van der Waals surface area (Å²) in [5.41, 5.74) is 1.98. The highest BCUT2D eigenvalue weighted by Gasteiger charge is 2.63. The van der Waals surface area contributed by atoms with Crippen molar-refractivity contribution in [1.29, 1.82) is 0 Å². The Morgan fingerprint density at radius 2 is 1.61 bits per heavy atom. The van der Waals surface area contributed by atoms with Crippen molar-refractivity contribution in [3.63, 3.8) is 0 Å². The van der Waals surface area contributed by atoms with Crippen molar-refractivity contribution in [3.05, 3.63) is 35.6 Å². The lowest BCUT2D eigenvalue weighted by molar-refractivity contribution is 0.457. The lowest BCUT2D eigenvalue weighted by Crippen LogP contribution is -2.23. The molecule has 1 atom stereocenters. The van der Waals surface area contributed by atoms with Gasteiger partial charge in [-0.1, -0.05) is 39.8 Å². The molecular formula is C16H24FN. The number of hydrogen-bond acceptors (Lipinski definition) is 1. The minimum absolute atomic E-state index is 0.171. The Morgan fingerprint density at radius 1 is 1.11 bits per heavy atom. The second-order valence-electron chi connectivity index (χ2n) is 6.68. The van der Waals surface area contributed by atoms with Gasteiger partial charge in [-0.05, 0) is 47.9 Å². The molecule has 0 heterocycles. The van der Waals surface area contributed by atoms with Crippen LogP contribution in [-0.4, -0.2) is 6.54 Å². The molecule has 1 aliphatic rings. The van der Waals surface area contributed by atoms with Crippen LogP contribution in [0.15, 0.2) is 24.3 Å². The van der Waals surface area contributed by atoms with Gasteiger partial charge in [0.25, 0.3) is 0 Å². The van der Waals surface area contributed by atoms with Crippen LogP contribution in [0.2, 0.25) is 0 Å². The average Bonchev–Trinajstić information content (AvgIpc) is 2.67. The molecule has 1 fully saturated rings. The zero-order chi connectivity index (χ0) is 13.6. The summed E-state index contributed by atoms with van der Waals surface area (Å²) in [7, 11) is 0. The highest BCUT2D eigenvalue weighted by Crippen LogP contribution is 2.68. The van der Waals surface area contributed by atoms with E-state index in [9.17, 15) is 4.39 Å². The van der Waals surface area contributed by atoms with E-state index in [0.29, 0.717) is 16.7 Å². The number of halogens is 1. The molecule has 0 radical (unpaired) electrons. The first-order valence-corrected chi connectivity index (χ1v) is 6.75. The SMILES string of the molecule is CC(NCC1C(C)(C)C1(C)C)c1ccc(F)cc1. The first kappa shape index (κ1) is 13.5. The highest BCUT2D eigenvalue weighted by atomic mass is 19.1. The van der Waals surface area contributed by atoms with Crippen LogP contribution in [0.1, 0.15) is 46.2 Å². The van der Waals surface area contributed by atoms with Crippen molar-refractivity contribution in [2.24, 2.45) is 16.7 Å². The van der Waals surface area contributed by atoms with E-state index in [1.165, 1.54) is 12.1 Å². The quantitative estimate of drug-likeness (QED) is 0.845. The van der Waals surface area contributed by atoms with Gasteiger partial charge in [0, 0.05) is 6.04 Å². The Morgan fingerprint density at radius 3 is 2.06 bits per heavy atom. The summed E-state index contributed by atoms with van der Waals surface area (Å²) >= 11 is 0. The maximum atomic E-state index is 12.9. The lowest BCUT2D eigenvalue weighted by Gasteiger charge is -2.15. The predicted octanol–water partition coefficient (Wildman–Crippen LogP) is 4.16. The van der Waals surface area contributed by atoms with E-state index >= 15 is 0 Å². The normalized spacial score (nSPS) is 22.8. The molecule has 2 rings (SSSR count). The zero-order valence-electron chi connectivity index (χ0n) is 12.0. The van der Waals surface area contributed by atoms with E-state index in [0.717, 1.165) is 12.1 Å². The van der Waals surface area contributed by atoms with E-state index in [1.54, 1.807) is 0 Å². The van der Waals surface area contributed by atoms with Gasteiger partial charge in [-0.3, -0.25) is 0 Å². The minimum Gasteiger partial charge on any atom is -0.310 e. The van der Waals surface area contributed by atoms with E-state index in [2.05, 4.69) is 39.9 Å². The van der Waals surface area contributed by atoms with Gasteiger partial charge in [0.2, 0.25) is 0 Å². The van der Waals surface area contributed by atoms with Crippen molar-refractivity contribution >= 4 is 0 Å². The van der Waals surface area contributed by atoms with Crippen LogP contribution >= 0.6 is 0 Å². The van der Waals surface area contributed by atoms with E-state index < -0.39 is 0 Å². The second kappa shape index (κ2) is 4.34. The molecule has 1 unspecified atom stereocenters. The average molecular weight is 249 g/mol. The summed E-state index contributed by atoms with van der Waals surface area (Å²) in [5.74, 6) is 0.545. The van der Waals surface area contributed by atoms with Crippen molar-refractivity contribution in [2.45, 2.75) is 40.7 Å². The van der Waals surface area contributed by atoms with Gasteiger partial charge >= 0.3 is 0 Å². The van der Waals surface area contributed by atoms with Crippen LogP contribution in [0.4, 0.5) is 4.39 Å². The summed E-state index contributed by atoms with van der Waals surface area (Å²) in [6.07, 6.45) is 0. The van der Waals surface area contributed by atoms with Gasteiger partial charge in [0.15, 0.2) is 0 Å². The molecule has 0 aromatic heterocycles. The molecule has 1 aliphatic carbocycles. The predicted molar refractivity (Wildman–Crippen MR) is 73.9 cm³/mol. The van der Waals surface area contributed by atoms with Crippen LogP contribution in [0.5, 0.6) is 0 Å². The third kappa shape index (κ3) is 2.18. The number of rotatable bonds is 4. The molecule has 0 aliphatic heterocycles. The maximum absolute atomic E-state index is 12.9. The fraction of sp³-hybridized carbons (Fsp3) is 0.625. The zero-order valence-corrected chi connectivity index (χ0v) is 12.0. The van der Waals surface area contributed by atoms with Crippen LogP contribution in [-0.2, 0) is 0 Å². The fourth-order valence-electron chi connectivity index (χ4n) is 3.01. The molecule has 18 heavy (non-hydrogen) atoms. The van der Waals surface area contributed by atoms with Crippen LogP contribution in [0.3, 0.4) is 0 Å². The topological polar surface area (TPSA) is 12.0 Å². The first-order valence-electron chi connectivity index (χ1n) is 6.75. The molecule has 100 valence electrons. The molecule has 1 nitrogen and oxygen atoms in total. The molecular weight excluding hydrogens is 225 g/mol. The van der Waals surface area contributed by atoms with Crippen molar-refractivity contribution in [1.82, 2.24) is 5.32 Å². The molecule has 0 amide bonds. The number of benzene rings is 1. The lowest BCUT2D eigenvalue weighted by atomic mass is 10.0. The Balaban J connectivity index is 1.90. The van der Waals surface area contributed by atoms with Gasteiger partial charge in [0.05, 0.1) is 0 Å². The van der Waals surface area contributed by atoms with E-state index in [4.69, 9.17) is 0 Å². The van der Waals surface area contributed by atoms with Gasteiger partial charge in [-0.2, -0.15) is 0 Å². The summed E-state index contributed by atoms with van der Waals surface area (Å²) in [5, 5.41) is 3.57. The molecule has 0 saturated heterocycles. The van der Waals surface area contributed by atoms with Crippen LogP contribution < -0.4 is 5.32 Å². The van der Waals surface area contributed by atoms with E-state index in [1.807, 2.05) is 12.1 Å². The summed E-state index contributed by atoms with van der Waals surface area (Å²) in [4.78, 5) is 0. The Hall–Kier alpha value is -0.890. The number of hydrogen-bond donors (Lipinski definition) is 1. The summed E-state index contributed by atoms with van der Waals surface area (Å²) in [6.45, 7) is 12.5. The largest absolute Gasteiger partial charge is 0.310 e. The van der Waals surface area contributed by atoms with Crippen molar-refractivity contribution in [2.75, 3.05) is 6.54 Å². The van der Waals surface area contributed by atoms with Gasteiger partial charge in [-0.25, -0.2) is 4.39 Å². The van der Waals surface area contributed by atoms with Crippen molar-refractivity contribution in [3.8, 4) is 0 Å². The van der Waals surface area contributed by atoms with Crippen LogP contribution in [0, 0.1) is 22.6 Å². The molecule has 1 N–H and O–H groups in total. The molecule has 0 spiro atoms. The van der Waals surface area contributed by atoms with Crippen LogP contribution in [0.25, 0.3) is 0 Å². The first-order chi connectivity index (χ1) is 8.26. The monoisotopic (exact) mass is 249 g/mol. The molecule has 0 bridgehead atoms. The summed E-state index contributed by atoms with van der Waals surface area (Å²) in [6, 6.07) is 7.04. The van der Waals surface area contributed by atoms with Gasteiger partial charge in [-0.15, -0.1) is 0 Å². The Bertz CT molecular complexity index is 405. The highest BCUT2D eigenvalue weighted by molar-refractivity contribution is 5.20. The fourth-order valence-corrected chi connectivity index (χ4v) is 3.01. The molecule has 1 aromatic rings. The standard InChI is InChI=1S/C16H24FN/c1-11(12-6-8-13(17)9-7-12)18-10-14-15(2,3)16(14,4)5/h6-9,11,14,18H,10H2,1-5H3. The van der Waals surface area contributed by atoms with Gasteiger partial charge in [0.1, 0.15) is 5.82 Å². The Kier molecular flexibility index (Phi) is 3.26.